The summed E-state index contributed by atoms with van der Waals surface area (Å²) in [5, 5.41) is 3.89. The number of hydrogen-bond donors (Lipinski definition) is 2. The molecule has 2 atom stereocenters. The summed E-state index contributed by atoms with van der Waals surface area (Å²) in [5.41, 5.74) is 6.51. The SMILES string of the molecule is Cc1ccc(NC(=O)c2ccccc2N2C(=O)C3Cc4c([nH]c5ccccc45)C(c4ccc(F)cc4)N3C2=O)cc1C. The quantitative estimate of drug-likeness (QED) is 0.242. The Hall–Kier alpha value is -5.24. The van der Waals surface area contributed by atoms with E-state index in [1.165, 1.54) is 12.1 Å². The summed E-state index contributed by atoms with van der Waals surface area (Å²) in [4.78, 5) is 48.0. The molecule has 42 heavy (non-hydrogen) atoms. The third-order valence-corrected chi connectivity index (χ3v) is 8.39. The fourth-order valence-electron chi connectivity index (χ4n) is 6.17. The van der Waals surface area contributed by atoms with Crippen LogP contribution < -0.4 is 10.2 Å². The smallest absolute Gasteiger partial charge is 0.332 e. The van der Waals surface area contributed by atoms with E-state index in [1.807, 2.05) is 56.3 Å². The lowest BCUT2D eigenvalue weighted by molar-refractivity contribution is -0.120. The summed E-state index contributed by atoms with van der Waals surface area (Å²) in [6, 6.07) is 24.1. The van der Waals surface area contributed by atoms with Crippen molar-refractivity contribution in [3.63, 3.8) is 0 Å². The minimum Gasteiger partial charge on any atom is -0.356 e. The van der Waals surface area contributed by atoms with Gasteiger partial charge < -0.3 is 10.3 Å². The highest BCUT2D eigenvalue weighted by Crippen LogP contribution is 2.45. The number of carbonyl (C=O) groups excluding carboxylic acids is 3. The number of para-hydroxylation sites is 2. The Balaban J connectivity index is 1.31. The molecule has 2 unspecified atom stereocenters. The molecule has 208 valence electrons. The standard InChI is InChI=1S/C34H27FN4O3/c1-19-11-16-23(17-20(19)2)36-32(40)25-8-4-6-10-28(25)39-33(41)29-18-26-24-7-3-5-9-27(24)37-30(26)31(38(29)34(39)42)21-12-14-22(35)15-13-21/h3-17,29,31,37H,18H2,1-2H3,(H,36,40). The molecule has 0 saturated carbocycles. The Bertz CT molecular complexity index is 1910. The average molecular weight is 559 g/mol. The summed E-state index contributed by atoms with van der Waals surface area (Å²) in [7, 11) is 0. The molecule has 1 fully saturated rings. The number of urea groups is 1. The van der Waals surface area contributed by atoms with E-state index in [1.54, 1.807) is 41.3 Å². The fraction of sp³-hybridized carbons (Fsp3) is 0.147. The molecule has 0 aliphatic carbocycles. The van der Waals surface area contributed by atoms with Gasteiger partial charge in [-0.15, -0.1) is 0 Å². The zero-order valence-electron chi connectivity index (χ0n) is 23.0. The van der Waals surface area contributed by atoms with Crippen LogP contribution in [0.25, 0.3) is 10.9 Å². The molecule has 5 aromatic rings. The third-order valence-electron chi connectivity index (χ3n) is 8.39. The summed E-state index contributed by atoms with van der Waals surface area (Å²) < 4.78 is 13.9. The van der Waals surface area contributed by atoms with Crippen LogP contribution in [0.15, 0.2) is 91.0 Å². The van der Waals surface area contributed by atoms with Gasteiger partial charge in [-0.1, -0.05) is 48.5 Å². The first kappa shape index (κ1) is 25.7. The first-order chi connectivity index (χ1) is 20.3. The van der Waals surface area contributed by atoms with Gasteiger partial charge in [-0.05, 0) is 78.6 Å². The van der Waals surface area contributed by atoms with Crippen molar-refractivity contribution in [2.24, 2.45) is 0 Å². The summed E-state index contributed by atoms with van der Waals surface area (Å²) in [6.45, 7) is 3.96. The highest BCUT2D eigenvalue weighted by molar-refractivity contribution is 6.24. The number of imide groups is 1. The molecule has 4 aromatic carbocycles. The third kappa shape index (κ3) is 3.98. The van der Waals surface area contributed by atoms with Crippen molar-refractivity contribution < 1.29 is 18.8 Å². The molecule has 2 aliphatic heterocycles. The normalized spacial score (nSPS) is 17.9. The van der Waals surface area contributed by atoms with Crippen LogP contribution in [-0.2, 0) is 11.2 Å². The van der Waals surface area contributed by atoms with E-state index in [0.717, 1.165) is 38.2 Å². The van der Waals surface area contributed by atoms with Crippen LogP contribution in [0.2, 0.25) is 0 Å². The number of anilines is 2. The number of aromatic nitrogens is 1. The second kappa shape index (κ2) is 9.69. The number of amides is 4. The number of benzene rings is 4. The lowest BCUT2D eigenvalue weighted by Gasteiger charge is -2.36. The highest BCUT2D eigenvalue weighted by atomic mass is 19.1. The highest BCUT2D eigenvalue weighted by Gasteiger charge is 2.53. The number of H-pyrrole nitrogens is 1. The summed E-state index contributed by atoms with van der Waals surface area (Å²) >= 11 is 0. The first-order valence-corrected chi connectivity index (χ1v) is 13.8. The molecule has 3 heterocycles. The predicted molar refractivity (Wildman–Crippen MR) is 159 cm³/mol. The Labute approximate surface area is 241 Å². The molecule has 4 amide bonds. The van der Waals surface area contributed by atoms with Crippen molar-refractivity contribution in [1.29, 1.82) is 0 Å². The monoisotopic (exact) mass is 558 g/mol. The number of halogens is 1. The van der Waals surface area contributed by atoms with E-state index in [2.05, 4.69) is 10.3 Å². The van der Waals surface area contributed by atoms with Crippen LogP contribution in [0.5, 0.6) is 0 Å². The minimum atomic E-state index is -0.796. The molecular weight excluding hydrogens is 531 g/mol. The van der Waals surface area contributed by atoms with Crippen LogP contribution in [0.1, 0.15) is 44.3 Å². The van der Waals surface area contributed by atoms with Gasteiger partial charge in [0.1, 0.15) is 17.9 Å². The van der Waals surface area contributed by atoms with Crippen LogP contribution >= 0.6 is 0 Å². The molecule has 1 aromatic heterocycles. The summed E-state index contributed by atoms with van der Waals surface area (Å²) in [6.07, 6.45) is 0.315. The molecule has 2 aliphatic rings. The van der Waals surface area contributed by atoms with E-state index < -0.39 is 35.7 Å². The fourth-order valence-corrected chi connectivity index (χ4v) is 6.17. The van der Waals surface area contributed by atoms with Gasteiger partial charge in [0.05, 0.1) is 11.3 Å². The molecule has 8 heteroatoms. The molecule has 7 nitrogen and oxygen atoms in total. The largest absolute Gasteiger partial charge is 0.356 e. The van der Waals surface area contributed by atoms with E-state index in [-0.39, 0.29) is 11.3 Å². The molecule has 7 rings (SSSR count). The minimum absolute atomic E-state index is 0.208. The number of rotatable bonds is 4. The first-order valence-electron chi connectivity index (χ1n) is 13.8. The van der Waals surface area contributed by atoms with E-state index in [9.17, 15) is 18.8 Å². The molecular formula is C34H27FN4O3. The van der Waals surface area contributed by atoms with Gasteiger partial charge in [0.2, 0.25) is 0 Å². The van der Waals surface area contributed by atoms with Crippen LogP contribution in [0.3, 0.4) is 0 Å². The predicted octanol–water partition coefficient (Wildman–Crippen LogP) is 6.66. The number of nitrogens with zero attached hydrogens (tertiary/aromatic N) is 2. The van der Waals surface area contributed by atoms with Crippen molar-refractivity contribution in [2.45, 2.75) is 32.4 Å². The Kier molecular flexibility index (Phi) is 5.93. The number of aromatic amines is 1. The topological polar surface area (TPSA) is 85.5 Å². The van der Waals surface area contributed by atoms with Gasteiger partial charge in [-0.3, -0.25) is 14.5 Å². The van der Waals surface area contributed by atoms with Crippen molar-refractivity contribution in [3.8, 4) is 0 Å². The Morgan fingerprint density at radius 3 is 2.43 bits per heavy atom. The van der Waals surface area contributed by atoms with E-state index >= 15 is 0 Å². The molecule has 2 N–H and O–H groups in total. The molecule has 1 saturated heterocycles. The zero-order chi connectivity index (χ0) is 29.1. The van der Waals surface area contributed by atoms with Gasteiger partial charge in [0.25, 0.3) is 11.8 Å². The van der Waals surface area contributed by atoms with Gasteiger partial charge in [0, 0.05) is 28.7 Å². The van der Waals surface area contributed by atoms with Crippen molar-refractivity contribution >= 4 is 40.1 Å². The lowest BCUT2D eigenvalue weighted by atomic mass is 9.89. The number of carbonyl (C=O) groups is 3. The maximum absolute atomic E-state index is 14.3. The average Bonchev–Trinajstić information content (AvgIpc) is 3.48. The maximum Gasteiger partial charge on any atom is 0.332 e. The molecule has 0 radical (unpaired) electrons. The summed E-state index contributed by atoms with van der Waals surface area (Å²) in [5.74, 6) is -1.22. The van der Waals surface area contributed by atoms with E-state index in [4.69, 9.17) is 0 Å². The maximum atomic E-state index is 14.3. The van der Waals surface area contributed by atoms with Gasteiger partial charge in [0.15, 0.2) is 0 Å². The van der Waals surface area contributed by atoms with E-state index in [0.29, 0.717) is 17.7 Å². The van der Waals surface area contributed by atoms with Crippen molar-refractivity contribution in [2.75, 3.05) is 10.2 Å². The number of fused-ring (bicyclic) bond motifs is 4. The van der Waals surface area contributed by atoms with Gasteiger partial charge in [-0.2, -0.15) is 0 Å². The second-order valence-corrected chi connectivity index (χ2v) is 10.9. The van der Waals surface area contributed by atoms with Crippen molar-refractivity contribution in [3.05, 3.63) is 130 Å². The van der Waals surface area contributed by atoms with Gasteiger partial charge in [-0.25, -0.2) is 14.1 Å². The van der Waals surface area contributed by atoms with Crippen LogP contribution in [0.4, 0.5) is 20.6 Å². The number of nitrogens with one attached hydrogen (secondary N) is 2. The van der Waals surface area contributed by atoms with Gasteiger partial charge >= 0.3 is 6.03 Å². The Morgan fingerprint density at radius 1 is 0.905 bits per heavy atom. The molecule has 0 bridgehead atoms. The van der Waals surface area contributed by atoms with Crippen LogP contribution in [0, 0.1) is 19.7 Å². The lowest BCUT2D eigenvalue weighted by Crippen LogP contribution is -2.44. The number of hydrogen-bond acceptors (Lipinski definition) is 3. The molecule has 0 spiro atoms. The number of aryl methyl sites for hydroxylation is 2. The van der Waals surface area contributed by atoms with Crippen molar-refractivity contribution in [1.82, 2.24) is 9.88 Å². The Morgan fingerprint density at radius 2 is 1.64 bits per heavy atom. The second-order valence-electron chi connectivity index (χ2n) is 10.9. The van der Waals surface area contributed by atoms with Crippen LogP contribution in [-0.4, -0.2) is 33.8 Å². The zero-order valence-corrected chi connectivity index (χ0v) is 23.0.